The molecule has 4 nitrogen and oxygen atoms in total. The van der Waals surface area contributed by atoms with Gasteiger partial charge in [-0.15, -0.1) is 10.2 Å². The van der Waals surface area contributed by atoms with Crippen LogP contribution in [0.3, 0.4) is 0 Å². The van der Waals surface area contributed by atoms with Crippen molar-refractivity contribution >= 4 is 28.2 Å². The van der Waals surface area contributed by atoms with Gasteiger partial charge < -0.3 is 5.32 Å². The molecule has 1 aromatic carbocycles. The lowest BCUT2D eigenvalue weighted by molar-refractivity contribution is 0.984. The van der Waals surface area contributed by atoms with Crippen molar-refractivity contribution in [3.8, 4) is 6.07 Å². The van der Waals surface area contributed by atoms with Gasteiger partial charge in [-0.25, -0.2) is 0 Å². The molecule has 0 aliphatic rings. The molecule has 1 heterocycles. The summed E-state index contributed by atoms with van der Waals surface area (Å²) >= 11 is 2.97. The van der Waals surface area contributed by atoms with Crippen LogP contribution in [0.5, 0.6) is 0 Å². The molecule has 2 aromatic rings. The molecule has 0 spiro atoms. The fourth-order valence-electron chi connectivity index (χ4n) is 1.65. The first kappa shape index (κ1) is 14.8. The highest BCUT2D eigenvalue weighted by molar-refractivity contribution is 8.01. The third-order valence-electron chi connectivity index (χ3n) is 2.66. The van der Waals surface area contributed by atoms with E-state index < -0.39 is 0 Å². The molecule has 0 radical (unpaired) electrons. The van der Waals surface area contributed by atoms with E-state index in [1.807, 2.05) is 6.92 Å². The van der Waals surface area contributed by atoms with Gasteiger partial charge in [0, 0.05) is 6.54 Å². The Balaban J connectivity index is 1.98. The van der Waals surface area contributed by atoms with E-state index in [9.17, 15) is 5.26 Å². The van der Waals surface area contributed by atoms with Gasteiger partial charge in [-0.3, -0.25) is 0 Å². The van der Waals surface area contributed by atoms with Crippen molar-refractivity contribution in [2.24, 2.45) is 0 Å². The SMILES string of the molecule is CCNc1nnc(SC(C#N)Cc2ccc(C)cc2)s1. The van der Waals surface area contributed by atoms with Crippen LogP contribution < -0.4 is 5.32 Å². The maximum atomic E-state index is 9.28. The van der Waals surface area contributed by atoms with Gasteiger partial charge in [-0.05, 0) is 25.8 Å². The first-order valence-electron chi connectivity index (χ1n) is 6.40. The van der Waals surface area contributed by atoms with Crippen molar-refractivity contribution < 1.29 is 0 Å². The first-order chi connectivity index (χ1) is 9.71. The monoisotopic (exact) mass is 304 g/mol. The number of hydrogen-bond acceptors (Lipinski definition) is 6. The zero-order valence-electron chi connectivity index (χ0n) is 11.5. The number of anilines is 1. The van der Waals surface area contributed by atoms with Crippen molar-refractivity contribution in [2.45, 2.75) is 29.9 Å². The molecule has 0 fully saturated rings. The van der Waals surface area contributed by atoms with E-state index in [0.29, 0.717) is 0 Å². The molecule has 2 rings (SSSR count). The molecule has 1 atom stereocenters. The molecule has 1 unspecified atom stereocenters. The number of thioether (sulfide) groups is 1. The predicted molar refractivity (Wildman–Crippen MR) is 84.2 cm³/mol. The Bertz CT molecular complexity index is 586. The normalized spacial score (nSPS) is 11.8. The lowest BCUT2D eigenvalue weighted by atomic mass is 10.1. The number of benzene rings is 1. The number of nitrogens with zero attached hydrogens (tertiary/aromatic N) is 3. The summed E-state index contributed by atoms with van der Waals surface area (Å²) in [5.41, 5.74) is 2.40. The topological polar surface area (TPSA) is 61.6 Å². The van der Waals surface area contributed by atoms with E-state index in [0.717, 1.165) is 22.4 Å². The fourth-order valence-corrected chi connectivity index (χ4v) is 3.64. The minimum absolute atomic E-state index is 0.139. The van der Waals surface area contributed by atoms with Gasteiger partial charge in [0.15, 0.2) is 4.34 Å². The Morgan fingerprint density at radius 1 is 1.35 bits per heavy atom. The smallest absolute Gasteiger partial charge is 0.206 e. The predicted octanol–water partition coefficient (Wildman–Crippen LogP) is 3.51. The van der Waals surface area contributed by atoms with Crippen LogP contribution in [0.4, 0.5) is 5.13 Å². The number of rotatable bonds is 6. The number of aromatic nitrogens is 2. The third-order valence-corrected chi connectivity index (χ3v) is 4.72. The second-order valence-corrected chi connectivity index (χ2v) is 6.76. The van der Waals surface area contributed by atoms with Crippen LogP contribution >= 0.6 is 23.1 Å². The number of aryl methyl sites for hydroxylation is 1. The van der Waals surface area contributed by atoms with Gasteiger partial charge in [0.25, 0.3) is 0 Å². The van der Waals surface area contributed by atoms with E-state index in [4.69, 9.17) is 0 Å². The zero-order chi connectivity index (χ0) is 14.4. The van der Waals surface area contributed by atoms with Crippen molar-refractivity contribution in [1.29, 1.82) is 5.26 Å². The summed E-state index contributed by atoms with van der Waals surface area (Å²) in [6, 6.07) is 10.6. The van der Waals surface area contributed by atoms with Crippen molar-refractivity contribution in [1.82, 2.24) is 10.2 Å². The molecule has 0 bridgehead atoms. The molecule has 0 aliphatic carbocycles. The highest BCUT2D eigenvalue weighted by Gasteiger charge is 2.14. The average Bonchev–Trinajstić information content (AvgIpc) is 2.88. The first-order valence-corrected chi connectivity index (χ1v) is 8.10. The van der Waals surface area contributed by atoms with Gasteiger partial charge >= 0.3 is 0 Å². The lowest BCUT2D eigenvalue weighted by Gasteiger charge is -2.06. The van der Waals surface area contributed by atoms with Gasteiger partial charge in [0.1, 0.15) is 5.25 Å². The molecule has 104 valence electrons. The molecule has 0 amide bonds. The summed E-state index contributed by atoms with van der Waals surface area (Å²) in [4.78, 5) is 0. The standard InChI is InChI=1S/C14H16N4S2/c1-3-16-13-17-18-14(20-13)19-12(9-15)8-11-6-4-10(2)5-7-11/h4-7,12H,3,8H2,1-2H3,(H,16,17). The Kier molecular flexibility index (Phi) is 5.39. The molecule has 0 saturated heterocycles. The Labute approximate surface area is 127 Å². The summed E-state index contributed by atoms with van der Waals surface area (Å²) in [5.74, 6) is 0. The van der Waals surface area contributed by atoms with Gasteiger partial charge in [-0.2, -0.15) is 5.26 Å². The summed E-state index contributed by atoms with van der Waals surface area (Å²) in [7, 11) is 0. The van der Waals surface area contributed by atoms with Crippen LogP contribution in [0.25, 0.3) is 0 Å². The maximum Gasteiger partial charge on any atom is 0.206 e. The fraction of sp³-hybridized carbons (Fsp3) is 0.357. The third kappa shape index (κ3) is 4.22. The highest BCUT2D eigenvalue weighted by Crippen LogP contribution is 2.30. The maximum absolute atomic E-state index is 9.28. The van der Waals surface area contributed by atoms with Gasteiger partial charge in [0.2, 0.25) is 5.13 Å². The minimum Gasteiger partial charge on any atom is -0.360 e. The van der Waals surface area contributed by atoms with Crippen molar-refractivity contribution in [2.75, 3.05) is 11.9 Å². The molecule has 0 aliphatic heterocycles. The Hall–Kier alpha value is -1.58. The number of hydrogen-bond donors (Lipinski definition) is 1. The van der Waals surface area contributed by atoms with Crippen LogP contribution in [-0.4, -0.2) is 22.0 Å². The highest BCUT2D eigenvalue weighted by atomic mass is 32.2. The number of nitrogens with one attached hydrogen (secondary N) is 1. The van der Waals surface area contributed by atoms with Crippen LogP contribution in [0, 0.1) is 18.3 Å². The molecule has 6 heteroatoms. The van der Waals surface area contributed by atoms with Crippen molar-refractivity contribution in [3.05, 3.63) is 35.4 Å². The largest absolute Gasteiger partial charge is 0.360 e. The van der Waals surface area contributed by atoms with Crippen molar-refractivity contribution in [3.63, 3.8) is 0 Å². The van der Waals surface area contributed by atoms with Crippen LogP contribution in [0.15, 0.2) is 28.6 Å². The quantitative estimate of drug-likeness (QED) is 0.828. The van der Waals surface area contributed by atoms with Crippen LogP contribution in [0.2, 0.25) is 0 Å². The Morgan fingerprint density at radius 2 is 2.10 bits per heavy atom. The van der Waals surface area contributed by atoms with E-state index in [1.165, 1.54) is 34.2 Å². The molecule has 20 heavy (non-hydrogen) atoms. The number of nitriles is 1. The lowest BCUT2D eigenvalue weighted by Crippen LogP contribution is -2.03. The second-order valence-electron chi connectivity index (χ2n) is 4.33. The molecule has 1 N–H and O–H groups in total. The van der Waals surface area contributed by atoms with E-state index in [2.05, 4.69) is 52.8 Å². The Morgan fingerprint density at radius 3 is 2.75 bits per heavy atom. The molecular formula is C14H16N4S2. The second kappa shape index (κ2) is 7.27. The summed E-state index contributed by atoms with van der Waals surface area (Å²) in [5, 5.41) is 21.2. The van der Waals surface area contributed by atoms with Gasteiger partial charge in [0.05, 0.1) is 6.07 Å². The zero-order valence-corrected chi connectivity index (χ0v) is 13.1. The average molecular weight is 304 g/mol. The van der Waals surface area contributed by atoms with E-state index in [1.54, 1.807) is 0 Å². The molecule has 0 saturated carbocycles. The summed E-state index contributed by atoms with van der Waals surface area (Å²) < 4.78 is 0.833. The van der Waals surface area contributed by atoms with Gasteiger partial charge in [-0.1, -0.05) is 52.9 Å². The summed E-state index contributed by atoms with van der Waals surface area (Å²) in [6.45, 7) is 4.90. The minimum atomic E-state index is -0.139. The summed E-state index contributed by atoms with van der Waals surface area (Å²) in [6.07, 6.45) is 0.720. The van der Waals surface area contributed by atoms with Crippen LogP contribution in [-0.2, 0) is 6.42 Å². The molecule has 1 aromatic heterocycles. The van der Waals surface area contributed by atoms with E-state index >= 15 is 0 Å². The molecular weight excluding hydrogens is 288 g/mol. The van der Waals surface area contributed by atoms with Crippen LogP contribution in [0.1, 0.15) is 18.1 Å². The van der Waals surface area contributed by atoms with E-state index in [-0.39, 0.29) is 5.25 Å².